The fourth-order valence-electron chi connectivity index (χ4n) is 2.18. The lowest BCUT2D eigenvalue weighted by Gasteiger charge is -2.08. The monoisotopic (exact) mass is 282 g/mol. The third-order valence-corrected chi connectivity index (χ3v) is 3.29. The van der Waals surface area contributed by atoms with E-state index in [9.17, 15) is 4.79 Å². The van der Waals surface area contributed by atoms with E-state index < -0.39 is 0 Å². The lowest BCUT2D eigenvalue weighted by atomic mass is 10.1. The van der Waals surface area contributed by atoms with Crippen molar-refractivity contribution < 1.29 is 4.79 Å². The van der Waals surface area contributed by atoms with Gasteiger partial charge >= 0.3 is 6.03 Å². The van der Waals surface area contributed by atoms with Crippen molar-refractivity contribution in [3.8, 4) is 0 Å². The number of aryl methyl sites for hydroxylation is 1. The number of urea groups is 1. The van der Waals surface area contributed by atoms with E-state index in [0.717, 1.165) is 24.9 Å². The van der Waals surface area contributed by atoms with E-state index in [1.807, 2.05) is 30.3 Å². The highest BCUT2D eigenvalue weighted by Crippen LogP contribution is 2.10. The van der Waals surface area contributed by atoms with Crippen molar-refractivity contribution in [3.63, 3.8) is 0 Å². The Balaban J connectivity index is 1.74. The fraction of sp³-hybridized carbons (Fsp3) is 0.278. The summed E-state index contributed by atoms with van der Waals surface area (Å²) >= 11 is 0. The van der Waals surface area contributed by atoms with Crippen molar-refractivity contribution in [2.24, 2.45) is 0 Å². The summed E-state index contributed by atoms with van der Waals surface area (Å²) in [5.41, 5.74) is 3.35. The van der Waals surface area contributed by atoms with Crippen molar-refractivity contribution >= 4 is 11.7 Å². The average molecular weight is 282 g/mol. The van der Waals surface area contributed by atoms with E-state index in [0.29, 0.717) is 6.54 Å². The molecule has 0 unspecified atom stereocenters. The molecule has 0 heterocycles. The van der Waals surface area contributed by atoms with E-state index in [2.05, 4.69) is 41.8 Å². The maximum Gasteiger partial charge on any atom is 0.319 e. The summed E-state index contributed by atoms with van der Waals surface area (Å²) in [5.74, 6) is 0. The summed E-state index contributed by atoms with van der Waals surface area (Å²) in [4.78, 5) is 11.8. The second-order valence-corrected chi connectivity index (χ2v) is 5.06. The van der Waals surface area contributed by atoms with Gasteiger partial charge in [0.25, 0.3) is 0 Å². The van der Waals surface area contributed by atoms with E-state index in [4.69, 9.17) is 0 Å². The molecule has 2 aromatic carbocycles. The predicted octanol–water partition coefficient (Wildman–Crippen LogP) is 4.00. The van der Waals surface area contributed by atoms with Gasteiger partial charge in [0, 0.05) is 12.2 Å². The van der Waals surface area contributed by atoms with Gasteiger partial charge in [0.2, 0.25) is 0 Å². The van der Waals surface area contributed by atoms with Crippen LogP contribution in [-0.2, 0) is 12.8 Å². The molecule has 0 aliphatic rings. The zero-order valence-electron chi connectivity index (χ0n) is 12.4. The summed E-state index contributed by atoms with van der Waals surface area (Å²) in [6, 6.07) is 18.0. The van der Waals surface area contributed by atoms with Crippen molar-refractivity contribution in [1.82, 2.24) is 5.32 Å². The highest BCUT2D eigenvalue weighted by molar-refractivity contribution is 5.89. The molecular formula is C18H22N2O. The Morgan fingerprint density at radius 2 is 1.57 bits per heavy atom. The van der Waals surface area contributed by atoms with Crippen LogP contribution >= 0.6 is 0 Å². The quantitative estimate of drug-likeness (QED) is 0.826. The summed E-state index contributed by atoms with van der Waals surface area (Å²) in [6.45, 7) is 2.79. The molecule has 0 aromatic heterocycles. The Hall–Kier alpha value is -2.29. The number of hydrogen-bond acceptors (Lipinski definition) is 1. The van der Waals surface area contributed by atoms with Crippen molar-refractivity contribution in [1.29, 1.82) is 0 Å². The minimum Gasteiger partial charge on any atom is -0.338 e. The highest BCUT2D eigenvalue weighted by Gasteiger charge is 2.01. The van der Waals surface area contributed by atoms with Crippen LogP contribution in [-0.4, -0.2) is 12.6 Å². The summed E-state index contributed by atoms with van der Waals surface area (Å²) in [7, 11) is 0. The van der Waals surface area contributed by atoms with E-state index >= 15 is 0 Å². The van der Waals surface area contributed by atoms with Gasteiger partial charge in [-0.2, -0.15) is 0 Å². The SMILES string of the molecule is CCCc1ccc(NC(=O)NCCc2ccccc2)cc1. The van der Waals surface area contributed by atoms with Crippen molar-refractivity contribution in [3.05, 3.63) is 65.7 Å². The number of rotatable bonds is 6. The average Bonchev–Trinajstić information content (AvgIpc) is 2.51. The second-order valence-electron chi connectivity index (χ2n) is 5.06. The van der Waals surface area contributed by atoms with Crippen molar-refractivity contribution in [2.75, 3.05) is 11.9 Å². The molecule has 0 atom stereocenters. The first-order valence-corrected chi connectivity index (χ1v) is 7.45. The third-order valence-electron chi connectivity index (χ3n) is 3.29. The van der Waals surface area contributed by atoms with Crippen LogP contribution in [0.15, 0.2) is 54.6 Å². The highest BCUT2D eigenvalue weighted by atomic mass is 16.2. The van der Waals surface area contributed by atoms with Crippen LogP contribution in [0.5, 0.6) is 0 Å². The Morgan fingerprint density at radius 3 is 2.24 bits per heavy atom. The van der Waals surface area contributed by atoms with E-state index in [1.54, 1.807) is 0 Å². The molecule has 3 nitrogen and oxygen atoms in total. The van der Waals surface area contributed by atoms with Crippen LogP contribution in [0.1, 0.15) is 24.5 Å². The van der Waals surface area contributed by atoms with Crippen LogP contribution in [0.4, 0.5) is 10.5 Å². The molecule has 0 saturated heterocycles. The molecular weight excluding hydrogens is 260 g/mol. The number of amides is 2. The van der Waals surface area contributed by atoms with E-state index in [-0.39, 0.29) is 6.03 Å². The van der Waals surface area contributed by atoms with Crippen molar-refractivity contribution in [2.45, 2.75) is 26.2 Å². The van der Waals surface area contributed by atoms with Gasteiger partial charge in [0.1, 0.15) is 0 Å². The first-order chi connectivity index (χ1) is 10.3. The van der Waals surface area contributed by atoms with Gasteiger partial charge in [-0.1, -0.05) is 55.8 Å². The standard InChI is InChI=1S/C18H22N2O/c1-2-6-15-9-11-17(12-10-15)20-18(21)19-14-13-16-7-4-3-5-8-16/h3-5,7-12H,2,6,13-14H2,1H3,(H2,19,20,21). The lowest BCUT2D eigenvalue weighted by Crippen LogP contribution is -2.30. The number of nitrogens with one attached hydrogen (secondary N) is 2. The summed E-state index contributed by atoms with van der Waals surface area (Å²) in [6.07, 6.45) is 3.04. The smallest absolute Gasteiger partial charge is 0.319 e. The Kier molecular flexibility index (Phi) is 5.83. The maximum absolute atomic E-state index is 11.8. The van der Waals surface area contributed by atoms with Gasteiger partial charge in [-0.05, 0) is 36.1 Å². The molecule has 0 fully saturated rings. The van der Waals surface area contributed by atoms with Crippen LogP contribution in [0.3, 0.4) is 0 Å². The first kappa shape index (κ1) is 15.1. The minimum atomic E-state index is -0.158. The van der Waals surface area contributed by atoms with Crippen LogP contribution < -0.4 is 10.6 Å². The Morgan fingerprint density at radius 1 is 0.905 bits per heavy atom. The normalized spacial score (nSPS) is 10.1. The molecule has 0 spiro atoms. The zero-order chi connectivity index (χ0) is 14.9. The number of carbonyl (C=O) groups is 1. The molecule has 21 heavy (non-hydrogen) atoms. The predicted molar refractivity (Wildman–Crippen MR) is 87.6 cm³/mol. The van der Waals surface area contributed by atoms with Gasteiger partial charge in [0.05, 0.1) is 0 Å². The van der Waals surface area contributed by atoms with Gasteiger partial charge < -0.3 is 10.6 Å². The second kappa shape index (κ2) is 8.10. The van der Waals surface area contributed by atoms with Gasteiger partial charge in [-0.15, -0.1) is 0 Å². The molecule has 0 bridgehead atoms. The molecule has 0 radical (unpaired) electrons. The molecule has 2 aromatic rings. The molecule has 2 rings (SSSR count). The minimum absolute atomic E-state index is 0.158. The van der Waals surface area contributed by atoms with Crippen LogP contribution in [0.25, 0.3) is 0 Å². The molecule has 2 amide bonds. The number of hydrogen-bond donors (Lipinski definition) is 2. The number of benzene rings is 2. The number of carbonyl (C=O) groups excluding carboxylic acids is 1. The maximum atomic E-state index is 11.8. The largest absolute Gasteiger partial charge is 0.338 e. The van der Waals surface area contributed by atoms with E-state index in [1.165, 1.54) is 11.1 Å². The lowest BCUT2D eigenvalue weighted by molar-refractivity contribution is 0.252. The fourth-order valence-corrected chi connectivity index (χ4v) is 2.18. The summed E-state index contributed by atoms with van der Waals surface area (Å²) < 4.78 is 0. The topological polar surface area (TPSA) is 41.1 Å². The first-order valence-electron chi connectivity index (χ1n) is 7.45. The third kappa shape index (κ3) is 5.30. The number of anilines is 1. The van der Waals surface area contributed by atoms with Gasteiger partial charge in [0.15, 0.2) is 0 Å². The van der Waals surface area contributed by atoms with Crippen LogP contribution in [0, 0.1) is 0 Å². The molecule has 0 saturated carbocycles. The van der Waals surface area contributed by atoms with Gasteiger partial charge in [-0.3, -0.25) is 0 Å². The Bertz CT molecular complexity index is 549. The molecule has 2 N–H and O–H groups in total. The Labute approximate surface area is 126 Å². The molecule has 3 heteroatoms. The zero-order valence-corrected chi connectivity index (χ0v) is 12.4. The summed E-state index contributed by atoms with van der Waals surface area (Å²) in [5, 5.41) is 5.72. The van der Waals surface area contributed by atoms with Gasteiger partial charge in [-0.25, -0.2) is 4.79 Å². The molecule has 0 aliphatic heterocycles. The molecule has 110 valence electrons. The molecule has 0 aliphatic carbocycles. The van der Waals surface area contributed by atoms with Crippen LogP contribution in [0.2, 0.25) is 0 Å².